The number of hydrogen-bond acceptors (Lipinski definition) is 3. The Labute approximate surface area is 92.5 Å². The van der Waals surface area contributed by atoms with E-state index in [1.165, 1.54) is 0 Å². The predicted molar refractivity (Wildman–Crippen MR) is 53.6 cm³/mol. The van der Waals surface area contributed by atoms with Gasteiger partial charge < -0.3 is 14.7 Å². The van der Waals surface area contributed by atoms with Gasteiger partial charge in [-0.2, -0.15) is 4.39 Å². The van der Waals surface area contributed by atoms with Crippen LogP contribution < -0.4 is 0 Å². The minimum Gasteiger partial charge on any atom is -0.465 e. The maximum absolute atomic E-state index is 13.2. The number of ether oxygens (including phenoxy) is 1. The molecule has 1 heterocycles. The van der Waals surface area contributed by atoms with Crippen LogP contribution in [0.2, 0.25) is 0 Å². The maximum atomic E-state index is 13.2. The van der Waals surface area contributed by atoms with E-state index < -0.39 is 23.9 Å². The van der Waals surface area contributed by atoms with Crippen LogP contribution in [-0.4, -0.2) is 41.3 Å². The van der Waals surface area contributed by atoms with Crippen molar-refractivity contribution in [2.24, 2.45) is 0 Å². The Morgan fingerprint density at radius 1 is 1.62 bits per heavy atom. The number of carbonyl (C=O) groups excluding carboxylic acids is 1. The predicted octanol–water partition coefficient (Wildman–Crippen LogP) is 1.55. The quantitative estimate of drug-likeness (QED) is 0.591. The second-order valence-electron chi connectivity index (χ2n) is 3.42. The van der Waals surface area contributed by atoms with Crippen LogP contribution in [0, 0.1) is 0 Å². The van der Waals surface area contributed by atoms with Crippen LogP contribution in [-0.2, 0) is 9.53 Å². The number of carboxylic acid groups (broad SMARTS) is 1. The summed E-state index contributed by atoms with van der Waals surface area (Å²) in [5, 5.41) is 8.80. The Hall–Kier alpha value is -1.59. The molecule has 1 unspecified atom stereocenters. The Bertz CT molecular complexity index is 316. The minimum absolute atomic E-state index is 0.0907. The highest BCUT2D eigenvalue weighted by Crippen LogP contribution is 2.20. The first kappa shape index (κ1) is 12.5. The fraction of sp³-hybridized carbons (Fsp3) is 0.600. The molecule has 1 rings (SSSR count). The number of hydrogen-bond donors (Lipinski definition) is 1. The normalized spacial score (nSPS) is 21.0. The van der Waals surface area contributed by atoms with Crippen molar-refractivity contribution >= 4 is 12.1 Å². The monoisotopic (exact) mass is 231 g/mol. The second-order valence-corrected chi connectivity index (χ2v) is 3.42. The number of rotatable bonds is 3. The zero-order valence-corrected chi connectivity index (χ0v) is 8.98. The Kier molecular flexibility index (Phi) is 4.28. The van der Waals surface area contributed by atoms with Crippen LogP contribution in [0.25, 0.3) is 0 Å². The van der Waals surface area contributed by atoms with Gasteiger partial charge in [0.1, 0.15) is 0 Å². The molecule has 90 valence electrons. The van der Waals surface area contributed by atoms with Crippen molar-refractivity contribution < 1.29 is 23.8 Å². The van der Waals surface area contributed by atoms with E-state index in [9.17, 15) is 14.0 Å². The van der Waals surface area contributed by atoms with E-state index in [-0.39, 0.29) is 6.61 Å². The first-order valence-electron chi connectivity index (χ1n) is 5.10. The Balaban J connectivity index is 2.67. The van der Waals surface area contributed by atoms with Gasteiger partial charge in [0.15, 0.2) is 0 Å². The molecule has 1 N–H and O–H groups in total. The lowest BCUT2D eigenvalue weighted by Crippen LogP contribution is -2.33. The van der Waals surface area contributed by atoms with Crippen molar-refractivity contribution in [1.82, 2.24) is 4.90 Å². The maximum Gasteiger partial charge on any atom is 0.407 e. The highest BCUT2D eigenvalue weighted by molar-refractivity contribution is 5.86. The van der Waals surface area contributed by atoms with Gasteiger partial charge in [0.2, 0.25) is 5.83 Å². The van der Waals surface area contributed by atoms with Gasteiger partial charge in [-0.25, -0.2) is 9.59 Å². The van der Waals surface area contributed by atoms with Gasteiger partial charge in [-0.05, 0) is 25.8 Å². The molecule has 1 saturated heterocycles. The molecule has 0 spiro atoms. The van der Waals surface area contributed by atoms with Crippen LogP contribution in [0.3, 0.4) is 0 Å². The molecule has 0 aliphatic carbocycles. The molecule has 1 fully saturated rings. The number of likely N-dealkylation sites (tertiary alicyclic amines) is 1. The van der Waals surface area contributed by atoms with E-state index in [2.05, 4.69) is 4.74 Å². The topological polar surface area (TPSA) is 66.8 Å². The summed E-state index contributed by atoms with van der Waals surface area (Å²) < 4.78 is 17.7. The lowest BCUT2D eigenvalue weighted by molar-refractivity contribution is -0.140. The lowest BCUT2D eigenvalue weighted by atomic mass is 10.2. The molecule has 0 aromatic carbocycles. The summed E-state index contributed by atoms with van der Waals surface area (Å²) >= 11 is 0. The summed E-state index contributed by atoms with van der Waals surface area (Å²) in [5.41, 5.74) is 0. The SMILES string of the molecule is CCOC(=O)/C(F)=C/C1CCCN1C(=O)O. The summed E-state index contributed by atoms with van der Waals surface area (Å²) in [7, 11) is 0. The molecule has 0 saturated carbocycles. The molecule has 1 amide bonds. The minimum atomic E-state index is -1.10. The molecule has 0 radical (unpaired) electrons. The summed E-state index contributed by atoms with van der Waals surface area (Å²) in [6, 6.07) is -0.568. The second kappa shape index (κ2) is 5.48. The zero-order valence-electron chi connectivity index (χ0n) is 8.98. The van der Waals surface area contributed by atoms with E-state index in [1.54, 1.807) is 6.92 Å². The number of amides is 1. The van der Waals surface area contributed by atoms with E-state index in [0.29, 0.717) is 19.4 Å². The van der Waals surface area contributed by atoms with Crippen LogP contribution in [0.15, 0.2) is 11.9 Å². The fourth-order valence-electron chi connectivity index (χ4n) is 1.64. The molecule has 0 bridgehead atoms. The summed E-state index contributed by atoms with van der Waals surface area (Å²) in [4.78, 5) is 22.8. The molecular weight excluding hydrogens is 217 g/mol. The number of halogens is 1. The van der Waals surface area contributed by atoms with Gasteiger partial charge in [0.05, 0.1) is 12.6 Å². The standard InChI is InChI=1S/C10H14FNO4/c1-2-16-9(13)8(11)6-7-4-3-5-12(7)10(14)15/h6-7H,2-5H2,1H3,(H,14,15)/b8-6-. The number of nitrogens with zero attached hydrogens (tertiary/aromatic N) is 1. The van der Waals surface area contributed by atoms with Crippen molar-refractivity contribution in [3.63, 3.8) is 0 Å². The summed E-state index contributed by atoms with van der Waals surface area (Å²) in [6.07, 6.45) is 1.11. The van der Waals surface area contributed by atoms with Crippen LogP contribution in [0.1, 0.15) is 19.8 Å². The molecule has 1 atom stereocenters. The van der Waals surface area contributed by atoms with E-state index >= 15 is 0 Å². The first-order chi connectivity index (χ1) is 7.56. The molecule has 6 heteroatoms. The number of carbonyl (C=O) groups is 2. The van der Waals surface area contributed by atoms with Gasteiger partial charge in [-0.3, -0.25) is 0 Å². The van der Waals surface area contributed by atoms with Crippen molar-refractivity contribution in [1.29, 1.82) is 0 Å². The lowest BCUT2D eigenvalue weighted by Gasteiger charge is -2.17. The average Bonchev–Trinajstić information content (AvgIpc) is 2.66. The molecule has 16 heavy (non-hydrogen) atoms. The van der Waals surface area contributed by atoms with Gasteiger partial charge in [0, 0.05) is 6.54 Å². The Morgan fingerprint density at radius 2 is 2.31 bits per heavy atom. The molecular formula is C10H14FNO4. The molecule has 5 nitrogen and oxygen atoms in total. The highest BCUT2D eigenvalue weighted by Gasteiger charge is 2.28. The third-order valence-corrected chi connectivity index (χ3v) is 2.35. The average molecular weight is 231 g/mol. The number of esters is 1. The van der Waals surface area contributed by atoms with Crippen molar-refractivity contribution in [3.05, 3.63) is 11.9 Å². The van der Waals surface area contributed by atoms with E-state index in [4.69, 9.17) is 5.11 Å². The fourth-order valence-corrected chi connectivity index (χ4v) is 1.64. The molecule has 0 aromatic heterocycles. The molecule has 1 aliphatic heterocycles. The van der Waals surface area contributed by atoms with E-state index in [0.717, 1.165) is 11.0 Å². The van der Waals surface area contributed by atoms with Crippen molar-refractivity contribution in [2.45, 2.75) is 25.8 Å². The van der Waals surface area contributed by atoms with Crippen LogP contribution >= 0.6 is 0 Å². The van der Waals surface area contributed by atoms with Crippen molar-refractivity contribution in [3.8, 4) is 0 Å². The van der Waals surface area contributed by atoms with Crippen molar-refractivity contribution in [2.75, 3.05) is 13.2 Å². The summed E-state index contributed by atoms with van der Waals surface area (Å²) in [6.45, 7) is 2.03. The van der Waals surface area contributed by atoms with Gasteiger partial charge >= 0.3 is 12.1 Å². The highest BCUT2D eigenvalue weighted by atomic mass is 19.1. The van der Waals surface area contributed by atoms with Gasteiger partial charge in [0.25, 0.3) is 0 Å². The smallest absolute Gasteiger partial charge is 0.407 e. The first-order valence-corrected chi connectivity index (χ1v) is 5.10. The van der Waals surface area contributed by atoms with Gasteiger partial charge in [-0.1, -0.05) is 0 Å². The van der Waals surface area contributed by atoms with E-state index in [1.807, 2.05) is 0 Å². The Morgan fingerprint density at radius 3 is 2.88 bits per heavy atom. The zero-order chi connectivity index (χ0) is 12.1. The third kappa shape index (κ3) is 2.95. The van der Waals surface area contributed by atoms with Crippen LogP contribution in [0.5, 0.6) is 0 Å². The van der Waals surface area contributed by atoms with Crippen LogP contribution in [0.4, 0.5) is 9.18 Å². The van der Waals surface area contributed by atoms with Gasteiger partial charge in [-0.15, -0.1) is 0 Å². The third-order valence-electron chi connectivity index (χ3n) is 2.35. The molecule has 0 aromatic rings. The summed E-state index contributed by atoms with van der Waals surface area (Å²) in [5.74, 6) is -2.07. The molecule has 1 aliphatic rings. The largest absolute Gasteiger partial charge is 0.465 e.